The third-order valence-corrected chi connectivity index (χ3v) is 6.89. The van der Waals surface area contributed by atoms with Crippen molar-refractivity contribution in [3.8, 4) is 5.75 Å². The van der Waals surface area contributed by atoms with Gasteiger partial charge in [0.15, 0.2) is 5.13 Å². The van der Waals surface area contributed by atoms with Crippen molar-refractivity contribution in [2.75, 3.05) is 18.1 Å². The number of nitrogens with zero attached hydrogens (tertiary/aromatic N) is 4. The first-order chi connectivity index (χ1) is 16.1. The molecule has 0 fully saturated rings. The van der Waals surface area contributed by atoms with E-state index in [9.17, 15) is 4.79 Å². The Kier molecular flexibility index (Phi) is 7.62. The molecule has 0 saturated heterocycles. The maximum absolute atomic E-state index is 13.5. The Morgan fingerprint density at radius 1 is 1.18 bits per heavy atom. The highest BCUT2D eigenvalue weighted by molar-refractivity contribution is 7.22. The lowest BCUT2D eigenvalue weighted by atomic mass is 10.2. The second-order valence-electron chi connectivity index (χ2n) is 7.85. The number of halogens is 1. The van der Waals surface area contributed by atoms with Gasteiger partial charge in [0, 0.05) is 36.1 Å². The van der Waals surface area contributed by atoms with Gasteiger partial charge in [-0.05, 0) is 61.7 Å². The number of aromatic nitrogens is 3. The van der Waals surface area contributed by atoms with Crippen LogP contribution < -0.4 is 9.64 Å². The number of carbonyl (C=O) groups excluding carboxylic acids is 1. The molecule has 2 aromatic heterocycles. The summed E-state index contributed by atoms with van der Waals surface area (Å²) >= 11 is 7.81. The summed E-state index contributed by atoms with van der Waals surface area (Å²) in [6.07, 6.45) is 8.33. The van der Waals surface area contributed by atoms with Gasteiger partial charge in [0.05, 0.1) is 23.2 Å². The quantitative estimate of drug-likeness (QED) is 0.246. The number of unbranched alkanes of at least 4 members (excludes halogenated alkanes) is 1. The third kappa shape index (κ3) is 5.54. The SMILES string of the molecule is CCCCOc1ccc(C(=O)N(CCCn2ccnc2)c2nc3c(C)c(Cl)ccc3s2)cc1. The standard InChI is InChI=1S/C25H27ClN4O2S/c1-3-4-16-32-20-8-6-19(7-9-20)24(31)30(14-5-13-29-15-12-27-17-29)25-28-23-18(2)21(26)10-11-22(23)33-25/h6-12,15,17H,3-5,13-14,16H2,1-2H3. The van der Waals surface area contributed by atoms with Gasteiger partial charge in [-0.1, -0.05) is 36.3 Å². The molecule has 8 heteroatoms. The van der Waals surface area contributed by atoms with Crippen molar-refractivity contribution in [3.63, 3.8) is 0 Å². The predicted octanol–water partition coefficient (Wildman–Crippen LogP) is 6.37. The Bertz CT molecular complexity index is 1210. The highest BCUT2D eigenvalue weighted by atomic mass is 35.5. The Labute approximate surface area is 202 Å². The predicted molar refractivity (Wildman–Crippen MR) is 135 cm³/mol. The van der Waals surface area contributed by atoms with E-state index >= 15 is 0 Å². The molecule has 0 N–H and O–H groups in total. The maximum atomic E-state index is 13.5. The zero-order chi connectivity index (χ0) is 23.2. The number of fused-ring (bicyclic) bond motifs is 1. The molecule has 4 rings (SSSR count). The number of benzene rings is 2. The maximum Gasteiger partial charge on any atom is 0.260 e. The van der Waals surface area contributed by atoms with Crippen LogP contribution in [-0.4, -0.2) is 33.6 Å². The minimum absolute atomic E-state index is 0.0801. The summed E-state index contributed by atoms with van der Waals surface area (Å²) in [6, 6.07) is 11.2. The second-order valence-corrected chi connectivity index (χ2v) is 9.27. The third-order valence-electron chi connectivity index (χ3n) is 5.44. The molecule has 0 atom stereocenters. The summed E-state index contributed by atoms with van der Waals surface area (Å²) < 4.78 is 8.76. The minimum Gasteiger partial charge on any atom is -0.494 e. The van der Waals surface area contributed by atoms with Gasteiger partial charge >= 0.3 is 0 Å². The van der Waals surface area contributed by atoms with E-state index in [0.717, 1.165) is 47.3 Å². The van der Waals surface area contributed by atoms with Crippen molar-refractivity contribution in [3.05, 3.63) is 71.3 Å². The summed E-state index contributed by atoms with van der Waals surface area (Å²) in [7, 11) is 0. The van der Waals surface area contributed by atoms with E-state index in [1.54, 1.807) is 17.4 Å². The Morgan fingerprint density at radius 2 is 2.00 bits per heavy atom. The highest BCUT2D eigenvalue weighted by Gasteiger charge is 2.22. The van der Waals surface area contributed by atoms with Crippen molar-refractivity contribution in [2.24, 2.45) is 0 Å². The van der Waals surface area contributed by atoms with E-state index < -0.39 is 0 Å². The lowest BCUT2D eigenvalue weighted by Gasteiger charge is -2.20. The Balaban J connectivity index is 1.58. The van der Waals surface area contributed by atoms with E-state index in [-0.39, 0.29) is 5.91 Å². The molecule has 4 aromatic rings. The van der Waals surface area contributed by atoms with Gasteiger partial charge in [-0.3, -0.25) is 9.69 Å². The summed E-state index contributed by atoms with van der Waals surface area (Å²) in [4.78, 5) is 24.2. The van der Waals surface area contributed by atoms with E-state index in [0.29, 0.717) is 28.9 Å². The molecule has 2 heterocycles. The molecular formula is C25H27ClN4O2S. The number of ether oxygens (including phenoxy) is 1. The van der Waals surface area contributed by atoms with Gasteiger partial charge in [0.2, 0.25) is 0 Å². The molecule has 1 amide bonds. The van der Waals surface area contributed by atoms with Crippen LogP contribution in [0.5, 0.6) is 5.75 Å². The second kappa shape index (κ2) is 10.8. The number of anilines is 1. The summed E-state index contributed by atoms with van der Waals surface area (Å²) in [5, 5.41) is 1.35. The van der Waals surface area contributed by atoms with Crippen LogP contribution in [0.2, 0.25) is 5.02 Å². The molecule has 0 aliphatic carbocycles. The average molecular weight is 483 g/mol. The lowest BCUT2D eigenvalue weighted by Crippen LogP contribution is -2.32. The first-order valence-electron chi connectivity index (χ1n) is 11.1. The van der Waals surface area contributed by atoms with Crippen LogP contribution in [0, 0.1) is 6.92 Å². The number of hydrogen-bond acceptors (Lipinski definition) is 5. The van der Waals surface area contributed by atoms with Crippen LogP contribution >= 0.6 is 22.9 Å². The van der Waals surface area contributed by atoms with Gasteiger partial charge in [-0.25, -0.2) is 9.97 Å². The molecule has 6 nitrogen and oxygen atoms in total. The number of carbonyl (C=O) groups is 1. The zero-order valence-corrected chi connectivity index (χ0v) is 20.4. The van der Waals surface area contributed by atoms with Gasteiger partial charge in [0.1, 0.15) is 5.75 Å². The number of amides is 1. The van der Waals surface area contributed by atoms with Gasteiger partial charge in [0.25, 0.3) is 5.91 Å². The van der Waals surface area contributed by atoms with E-state index in [1.165, 1.54) is 11.3 Å². The van der Waals surface area contributed by atoms with Crippen LogP contribution in [0.3, 0.4) is 0 Å². The molecule has 0 aliphatic heterocycles. The van der Waals surface area contributed by atoms with Gasteiger partial charge in [-0.15, -0.1) is 0 Å². The van der Waals surface area contributed by atoms with Crippen LogP contribution in [0.1, 0.15) is 42.1 Å². The number of rotatable bonds is 10. The molecule has 0 radical (unpaired) electrons. The smallest absolute Gasteiger partial charge is 0.260 e. The Hall–Kier alpha value is -2.90. The minimum atomic E-state index is -0.0801. The first kappa shape index (κ1) is 23.3. The summed E-state index contributed by atoms with van der Waals surface area (Å²) in [6.45, 7) is 6.07. The lowest BCUT2D eigenvalue weighted by molar-refractivity contribution is 0.0986. The number of hydrogen-bond donors (Lipinski definition) is 0. The molecule has 0 aliphatic rings. The monoisotopic (exact) mass is 482 g/mol. The van der Waals surface area contributed by atoms with E-state index in [1.807, 2.05) is 54.1 Å². The summed E-state index contributed by atoms with van der Waals surface area (Å²) in [5.74, 6) is 0.695. The fraction of sp³-hybridized carbons (Fsp3) is 0.320. The van der Waals surface area contributed by atoms with Crippen LogP contribution in [-0.2, 0) is 6.54 Å². The van der Waals surface area contributed by atoms with Crippen molar-refractivity contribution < 1.29 is 9.53 Å². The first-order valence-corrected chi connectivity index (χ1v) is 12.3. The molecule has 0 saturated carbocycles. The fourth-order valence-corrected chi connectivity index (χ4v) is 4.70. The fourth-order valence-electron chi connectivity index (χ4n) is 3.50. The highest BCUT2D eigenvalue weighted by Crippen LogP contribution is 2.34. The molecule has 2 aromatic carbocycles. The van der Waals surface area contributed by atoms with Crippen LogP contribution in [0.15, 0.2) is 55.1 Å². The molecule has 172 valence electrons. The van der Waals surface area contributed by atoms with Crippen LogP contribution in [0.4, 0.5) is 5.13 Å². The molecule has 33 heavy (non-hydrogen) atoms. The molecule has 0 unspecified atom stereocenters. The topological polar surface area (TPSA) is 60.2 Å². The molecular weight excluding hydrogens is 456 g/mol. The number of aryl methyl sites for hydroxylation is 2. The normalized spacial score (nSPS) is 11.1. The molecule has 0 bridgehead atoms. The van der Waals surface area contributed by atoms with Crippen molar-refractivity contribution in [1.82, 2.24) is 14.5 Å². The Morgan fingerprint density at radius 3 is 2.73 bits per heavy atom. The van der Waals surface area contributed by atoms with Gasteiger partial charge in [-0.2, -0.15) is 0 Å². The number of imidazole rings is 1. The average Bonchev–Trinajstić information content (AvgIpc) is 3.50. The zero-order valence-electron chi connectivity index (χ0n) is 18.8. The molecule has 0 spiro atoms. The van der Waals surface area contributed by atoms with Crippen LogP contribution in [0.25, 0.3) is 10.2 Å². The largest absolute Gasteiger partial charge is 0.494 e. The van der Waals surface area contributed by atoms with E-state index in [4.69, 9.17) is 21.3 Å². The van der Waals surface area contributed by atoms with Crippen molar-refractivity contribution in [2.45, 2.75) is 39.7 Å². The van der Waals surface area contributed by atoms with Crippen molar-refractivity contribution in [1.29, 1.82) is 0 Å². The number of thiazole rings is 1. The van der Waals surface area contributed by atoms with Gasteiger partial charge < -0.3 is 9.30 Å². The summed E-state index contributed by atoms with van der Waals surface area (Å²) in [5.41, 5.74) is 2.38. The van der Waals surface area contributed by atoms with Crippen molar-refractivity contribution >= 4 is 44.2 Å². The van der Waals surface area contributed by atoms with E-state index in [2.05, 4.69) is 11.9 Å².